The van der Waals surface area contributed by atoms with Gasteiger partial charge in [0.05, 0.1) is 0 Å². The molecule has 138 valence electrons. The average molecular weight is 359 g/mol. The Morgan fingerprint density at radius 1 is 1.27 bits per heavy atom. The van der Waals surface area contributed by atoms with Gasteiger partial charge in [-0.25, -0.2) is 8.78 Å². The van der Waals surface area contributed by atoms with Crippen molar-refractivity contribution in [2.24, 2.45) is 5.92 Å². The number of aryl methyl sites for hydroxylation is 1. The number of phenols is 1. The lowest BCUT2D eigenvalue weighted by molar-refractivity contribution is 0.0667. The first-order chi connectivity index (χ1) is 12.5. The fourth-order valence-electron chi connectivity index (χ4n) is 3.59. The van der Waals surface area contributed by atoms with Gasteiger partial charge >= 0.3 is 0 Å². The number of piperidine rings is 1. The molecule has 1 aliphatic heterocycles. The van der Waals surface area contributed by atoms with Crippen LogP contribution in [0, 0.1) is 24.5 Å². The standard InChI is InChI=1S/C21H23F2NO2/c1-14-18(5-2-6-20(14)25)21(26)24-11-3-4-15(13-24)7-8-16-9-10-17(22)12-19(16)23/h2,5-6,9-10,12,15,25H,3-4,7-8,11,13H2,1H3. The molecule has 3 nitrogen and oxygen atoms in total. The van der Waals surface area contributed by atoms with Crippen LogP contribution >= 0.6 is 0 Å². The SMILES string of the molecule is Cc1c(O)cccc1C(=O)N1CCCC(CCc2ccc(F)cc2F)C1. The monoisotopic (exact) mass is 359 g/mol. The lowest BCUT2D eigenvalue weighted by atomic mass is 9.91. The summed E-state index contributed by atoms with van der Waals surface area (Å²) < 4.78 is 26.8. The zero-order valence-corrected chi connectivity index (χ0v) is 14.8. The van der Waals surface area contributed by atoms with E-state index in [1.54, 1.807) is 25.1 Å². The number of carbonyl (C=O) groups excluding carboxylic acids is 1. The molecule has 1 aliphatic rings. The van der Waals surface area contributed by atoms with Crippen molar-refractivity contribution in [1.29, 1.82) is 0 Å². The molecule has 0 aromatic heterocycles. The van der Waals surface area contributed by atoms with Crippen LogP contribution in [0.2, 0.25) is 0 Å². The minimum Gasteiger partial charge on any atom is -0.508 e. The highest BCUT2D eigenvalue weighted by Crippen LogP contribution is 2.26. The highest BCUT2D eigenvalue weighted by Gasteiger charge is 2.25. The van der Waals surface area contributed by atoms with Gasteiger partial charge < -0.3 is 10.0 Å². The van der Waals surface area contributed by atoms with Crippen molar-refractivity contribution in [2.75, 3.05) is 13.1 Å². The summed E-state index contributed by atoms with van der Waals surface area (Å²) in [5, 5.41) is 9.82. The number of carbonyl (C=O) groups is 1. The van der Waals surface area contributed by atoms with Crippen LogP contribution in [0.4, 0.5) is 8.78 Å². The molecule has 0 aliphatic carbocycles. The first-order valence-corrected chi connectivity index (χ1v) is 8.97. The van der Waals surface area contributed by atoms with E-state index in [4.69, 9.17) is 0 Å². The largest absolute Gasteiger partial charge is 0.508 e. The van der Waals surface area contributed by atoms with E-state index in [1.165, 1.54) is 12.1 Å². The van der Waals surface area contributed by atoms with Gasteiger partial charge in [-0.3, -0.25) is 4.79 Å². The second-order valence-electron chi connectivity index (χ2n) is 6.98. The van der Waals surface area contributed by atoms with Gasteiger partial charge in [0.2, 0.25) is 0 Å². The van der Waals surface area contributed by atoms with E-state index in [0.29, 0.717) is 36.2 Å². The molecule has 1 unspecified atom stereocenters. The van der Waals surface area contributed by atoms with Crippen LogP contribution in [0.25, 0.3) is 0 Å². The lowest BCUT2D eigenvalue weighted by Crippen LogP contribution is -2.40. The molecule has 1 saturated heterocycles. The normalized spacial score (nSPS) is 17.3. The maximum atomic E-state index is 13.8. The Kier molecular flexibility index (Phi) is 5.55. The summed E-state index contributed by atoms with van der Waals surface area (Å²) in [4.78, 5) is 14.6. The molecule has 0 bridgehead atoms. The number of rotatable bonds is 4. The van der Waals surface area contributed by atoms with Crippen LogP contribution in [0.5, 0.6) is 5.75 Å². The smallest absolute Gasteiger partial charge is 0.254 e. The molecule has 1 fully saturated rings. The van der Waals surface area contributed by atoms with Crippen LogP contribution in [0.1, 0.15) is 40.7 Å². The molecule has 1 N–H and O–H groups in total. The lowest BCUT2D eigenvalue weighted by Gasteiger charge is -2.33. The van der Waals surface area contributed by atoms with Crippen molar-refractivity contribution in [2.45, 2.75) is 32.6 Å². The van der Waals surface area contributed by atoms with E-state index in [9.17, 15) is 18.7 Å². The maximum Gasteiger partial charge on any atom is 0.254 e. The van der Waals surface area contributed by atoms with Crippen molar-refractivity contribution in [3.05, 3.63) is 64.7 Å². The Morgan fingerprint density at radius 2 is 2.08 bits per heavy atom. The summed E-state index contributed by atoms with van der Waals surface area (Å²) in [6.45, 7) is 3.05. The Labute approximate surface area is 152 Å². The minimum absolute atomic E-state index is 0.0731. The van der Waals surface area contributed by atoms with Gasteiger partial charge in [0, 0.05) is 30.3 Å². The average Bonchev–Trinajstić information content (AvgIpc) is 2.63. The van der Waals surface area contributed by atoms with E-state index in [1.807, 2.05) is 4.90 Å². The number of nitrogens with zero attached hydrogens (tertiary/aromatic N) is 1. The van der Waals surface area contributed by atoms with Gasteiger partial charge in [-0.05, 0) is 62.3 Å². The molecule has 1 atom stereocenters. The molecule has 0 radical (unpaired) electrons. The molecule has 3 rings (SSSR count). The highest BCUT2D eigenvalue weighted by atomic mass is 19.1. The second-order valence-corrected chi connectivity index (χ2v) is 6.98. The number of benzene rings is 2. The van der Waals surface area contributed by atoms with Crippen LogP contribution in [-0.4, -0.2) is 29.0 Å². The Bertz CT molecular complexity index is 807. The van der Waals surface area contributed by atoms with Gasteiger partial charge in [0.1, 0.15) is 17.4 Å². The molecule has 26 heavy (non-hydrogen) atoms. The number of hydrogen-bond donors (Lipinski definition) is 1. The minimum atomic E-state index is -0.567. The molecule has 5 heteroatoms. The summed E-state index contributed by atoms with van der Waals surface area (Å²) in [6.07, 6.45) is 3.18. The van der Waals surface area contributed by atoms with E-state index in [0.717, 1.165) is 25.3 Å². The summed E-state index contributed by atoms with van der Waals surface area (Å²) in [5.41, 5.74) is 1.63. The second kappa shape index (κ2) is 7.85. The van der Waals surface area contributed by atoms with Crippen LogP contribution in [0.3, 0.4) is 0 Å². The number of halogens is 2. The van der Waals surface area contributed by atoms with Crippen LogP contribution in [-0.2, 0) is 6.42 Å². The van der Waals surface area contributed by atoms with Crippen molar-refractivity contribution < 1.29 is 18.7 Å². The number of hydrogen-bond acceptors (Lipinski definition) is 2. The summed E-state index contributed by atoms with van der Waals surface area (Å²) in [6, 6.07) is 8.66. The molecule has 2 aromatic rings. The zero-order chi connectivity index (χ0) is 18.7. The fourth-order valence-corrected chi connectivity index (χ4v) is 3.59. The predicted molar refractivity (Wildman–Crippen MR) is 96.2 cm³/mol. The molecule has 0 saturated carbocycles. The Balaban J connectivity index is 1.63. The first-order valence-electron chi connectivity index (χ1n) is 8.97. The highest BCUT2D eigenvalue weighted by molar-refractivity contribution is 5.96. The number of amides is 1. The van der Waals surface area contributed by atoms with Crippen LogP contribution in [0.15, 0.2) is 36.4 Å². The third-order valence-corrected chi connectivity index (χ3v) is 5.18. The van der Waals surface area contributed by atoms with Crippen LogP contribution < -0.4 is 0 Å². The quantitative estimate of drug-likeness (QED) is 0.875. The topological polar surface area (TPSA) is 40.5 Å². The van der Waals surface area contributed by atoms with E-state index < -0.39 is 11.6 Å². The Morgan fingerprint density at radius 3 is 2.85 bits per heavy atom. The third-order valence-electron chi connectivity index (χ3n) is 5.18. The maximum absolute atomic E-state index is 13.8. The first kappa shape index (κ1) is 18.4. The van der Waals surface area contributed by atoms with Gasteiger partial charge in [-0.1, -0.05) is 12.1 Å². The molecule has 0 spiro atoms. The van der Waals surface area contributed by atoms with Gasteiger partial charge in [0.25, 0.3) is 5.91 Å². The number of aromatic hydroxyl groups is 1. The third kappa shape index (κ3) is 4.03. The van der Waals surface area contributed by atoms with E-state index in [-0.39, 0.29) is 17.6 Å². The molecular weight excluding hydrogens is 336 g/mol. The Hall–Kier alpha value is -2.43. The van der Waals surface area contributed by atoms with E-state index >= 15 is 0 Å². The summed E-state index contributed by atoms with van der Waals surface area (Å²) in [7, 11) is 0. The fraction of sp³-hybridized carbons (Fsp3) is 0.381. The van der Waals surface area contributed by atoms with Crippen molar-refractivity contribution in [3.8, 4) is 5.75 Å². The summed E-state index contributed by atoms with van der Waals surface area (Å²) >= 11 is 0. The van der Waals surface area contributed by atoms with Crippen molar-refractivity contribution in [1.82, 2.24) is 4.90 Å². The van der Waals surface area contributed by atoms with Gasteiger partial charge in [-0.2, -0.15) is 0 Å². The molecule has 2 aromatic carbocycles. The van der Waals surface area contributed by atoms with Gasteiger partial charge in [-0.15, -0.1) is 0 Å². The molecule has 1 heterocycles. The number of phenolic OH excluding ortho intramolecular Hbond substituents is 1. The predicted octanol–water partition coefficient (Wildman–Crippen LogP) is 4.46. The zero-order valence-electron chi connectivity index (χ0n) is 14.8. The van der Waals surface area contributed by atoms with Crippen molar-refractivity contribution in [3.63, 3.8) is 0 Å². The van der Waals surface area contributed by atoms with Gasteiger partial charge in [0.15, 0.2) is 0 Å². The van der Waals surface area contributed by atoms with Crippen molar-refractivity contribution >= 4 is 5.91 Å². The molecule has 1 amide bonds. The summed E-state index contributed by atoms with van der Waals surface area (Å²) in [5.74, 6) is -0.742. The molecular formula is C21H23F2NO2. The number of likely N-dealkylation sites (tertiary alicyclic amines) is 1. The van der Waals surface area contributed by atoms with E-state index in [2.05, 4.69) is 0 Å².